The summed E-state index contributed by atoms with van der Waals surface area (Å²) in [5, 5.41) is 6.56. The molecule has 142 valence electrons. The lowest BCUT2D eigenvalue weighted by Gasteiger charge is -2.39. The third-order valence-electron chi connectivity index (χ3n) is 5.50. The van der Waals surface area contributed by atoms with E-state index in [0.29, 0.717) is 17.9 Å². The Kier molecular flexibility index (Phi) is 9.22. The Hall–Kier alpha value is -0.810. The molecular weight excluding hydrogens is 357 g/mol. The van der Waals surface area contributed by atoms with Crippen LogP contribution in [0.4, 0.5) is 0 Å². The lowest BCUT2D eigenvalue weighted by molar-refractivity contribution is -0.128. The van der Waals surface area contributed by atoms with Crippen molar-refractivity contribution in [3.8, 4) is 0 Å². The van der Waals surface area contributed by atoms with Crippen molar-refractivity contribution in [3.05, 3.63) is 35.9 Å². The molecule has 25 heavy (non-hydrogen) atoms. The van der Waals surface area contributed by atoms with E-state index in [1.807, 2.05) is 0 Å². The standard InChI is InChI=1S/C19H29N3O.2ClH/c1-14-12-22(13-16-6-4-3-5-7-16)9-8-18(14)21-19(23)15(2)17-10-20-11-17;;/h3-7,14-15,17-18,20H,8-13H2,1-2H3,(H,21,23);2*1H. The third kappa shape index (κ3) is 5.85. The first-order valence-electron chi connectivity index (χ1n) is 8.91. The molecule has 0 radical (unpaired) electrons. The Morgan fingerprint density at radius 3 is 2.52 bits per heavy atom. The molecule has 0 aromatic heterocycles. The van der Waals surface area contributed by atoms with Crippen LogP contribution in [0.25, 0.3) is 0 Å². The normalized spacial score (nSPS) is 25.0. The molecule has 0 saturated carbocycles. The summed E-state index contributed by atoms with van der Waals surface area (Å²) in [6.45, 7) is 9.42. The summed E-state index contributed by atoms with van der Waals surface area (Å²) in [5.74, 6) is 1.39. The molecule has 0 bridgehead atoms. The second-order valence-electron chi connectivity index (χ2n) is 7.31. The van der Waals surface area contributed by atoms with E-state index in [1.165, 1.54) is 5.56 Å². The van der Waals surface area contributed by atoms with Gasteiger partial charge in [0.05, 0.1) is 0 Å². The molecule has 4 nitrogen and oxygen atoms in total. The molecule has 3 rings (SSSR count). The van der Waals surface area contributed by atoms with Gasteiger partial charge in [-0.25, -0.2) is 0 Å². The number of piperidine rings is 1. The van der Waals surface area contributed by atoms with Gasteiger partial charge in [0.25, 0.3) is 0 Å². The molecule has 1 amide bonds. The average Bonchev–Trinajstić information content (AvgIpc) is 2.49. The maximum Gasteiger partial charge on any atom is 0.223 e. The largest absolute Gasteiger partial charge is 0.353 e. The summed E-state index contributed by atoms with van der Waals surface area (Å²) >= 11 is 0. The van der Waals surface area contributed by atoms with Crippen LogP contribution in [0, 0.1) is 17.8 Å². The van der Waals surface area contributed by atoms with Crippen molar-refractivity contribution in [3.63, 3.8) is 0 Å². The van der Waals surface area contributed by atoms with Gasteiger partial charge >= 0.3 is 0 Å². The van der Waals surface area contributed by atoms with Crippen LogP contribution in [-0.2, 0) is 11.3 Å². The number of halogens is 2. The molecule has 2 N–H and O–H groups in total. The van der Waals surface area contributed by atoms with Crippen LogP contribution < -0.4 is 10.6 Å². The minimum atomic E-state index is 0. The minimum Gasteiger partial charge on any atom is -0.353 e. The summed E-state index contributed by atoms with van der Waals surface area (Å²) in [5.41, 5.74) is 1.37. The van der Waals surface area contributed by atoms with Gasteiger partial charge in [-0.1, -0.05) is 44.2 Å². The minimum absolute atomic E-state index is 0. The maximum atomic E-state index is 12.4. The highest BCUT2D eigenvalue weighted by Gasteiger charge is 2.32. The van der Waals surface area contributed by atoms with Crippen LogP contribution in [0.2, 0.25) is 0 Å². The monoisotopic (exact) mass is 387 g/mol. The Balaban J connectivity index is 0.00000156. The fourth-order valence-corrected chi connectivity index (χ4v) is 3.62. The van der Waals surface area contributed by atoms with Crippen molar-refractivity contribution in [1.29, 1.82) is 0 Å². The van der Waals surface area contributed by atoms with Crippen LogP contribution in [0.5, 0.6) is 0 Å². The van der Waals surface area contributed by atoms with Crippen molar-refractivity contribution >= 4 is 30.7 Å². The molecule has 2 saturated heterocycles. The van der Waals surface area contributed by atoms with E-state index in [0.717, 1.165) is 39.1 Å². The first kappa shape index (κ1) is 22.2. The van der Waals surface area contributed by atoms with Gasteiger partial charge < -0.3 is 10.6 Å². The average molecular weight is 388 g/mol. The quantitative estimate of drug-likeness (QED) is 0.815. The predicted octanol–water partition coefficient (Wildman–Crippen LogP) is 2.71. The van der Waals surface area contributed by atoms with Crippen molar-refractivity contribution in [1.82, 2.24) is 15.5 Å². The SMILES string of the molecule is CC1CN(Cc2ccccc2)CCC1NC(=O)C(C)C1CNC1.Cl.Cl. The first-order valence-corrected chi connectivity index (χ1v) is 8.91. The predicted molar refractivity (Wildman–Crippen MR) is 107 cm³/mol. The summed E-state index contributed by atoms with van der Waals surface area (Å²) in [7, 11) is 0. The zero-order valence-electron chi connectivity index (χ0n) is 15.1. The molecule has 1 aromatic carbocycles. The molecular formula is C19H31Cl2N3O. The van der Waals surface area contributed by atoms with E-state index >= 15 is 0 Å². The lowest BCUT2D eigenvalue weighted by atomic mass is 9.87. The number of amides is 1. The van der Waals surface area contributed by atoms with Gasteiger partial charge in [0, 0.05) is 31.6 Å². The number of hydrogen-bond donors (Lipinski definition) is 2. The van der Waals surface area contributed by atoms with E-state index in [2.05, 4.69) is 59.7 Å². The second kappa shape index (κ2) is 10.4. The zero-order chi connectivity index (χ0) is 16.2. The molecule has 2 fully saturated rings. The number of benzene rings is 1. The van der Waals surface area contributed by atoms with Crippen molar-refractivity contribution in [2.45, 2.75) is 32.9 Å². The van der Waals surface area contributed by atoms with E-state index in [4.69, 9.17) is 0 Å². The zero-order valence-corrected chi connectivity index (χ0v) is 16.7. The van der Waals surface area contributed by atoms with E-state index in [9.17, 15) is 4.79 Å². The molecule has 6 heteroatoms. The Bertz CT molecular complexity index is 525. The number of likely N-dealkylation sites (tertiary alicyclic amines) is 1. The molecule has 1 aromatic rings. The molecule has 2 aliphatic rings. The van der Waals surface area contributed by atoms with E-state index in [1.54, 1.807) is 0 Å². The molecule has 3 unspecified atom stereocenters. The van der Waals surface area contributed by atoms with E-state index in [-0.39, 0.29) is 36.6 Å². The van der Waals surface area contributed by atoms with Crippen LogP contribution >= 0.6 is 24.8 Å². The number of nitrogens with one attached hydrogen (secondary N) is 2. The molecule has 3 atom stereocenters. The number of carbonyl (C=O) groups is 1. The number of hydrogen-bond acceptors (Lipinski definition) is 3. The van der Waals surface area contributed by atoms with Crippen LogP contribution in [-0.4, -0.2) is 43.0 Å². The number of nitrogens with zero attached hydrogens (tertiary/aromatic N) is 1. The Morgan fingerprint density at radius 1 is 1.28 bits per heavy atom. The van der Waals surface area contributed by atoms with Crippen molar-refractivity contribution < 1.29 is 4.79 Å². The van der Waals surface area contributed by atoms with Gasteiger partial charge in [-0.2, -0.15) is 0 Å². The number of carbonyl (C=O) groups excluding carboxylic acids is 1. The number of rotatable bonds is 5. The van der Waals surface area contributed by atoms with Gasteiger partial charge in [0.2, 0.25) is 5.91 Å². The highest BCUT2D eigenvalue weighted by atomic mass is 35.5. The molecule has 2 aliphatic heterocycles. The Labute approximate surface area is 163 Å². The molecule has 0 aliphatic carbocycles. The van der Waals surface area contributed by atoms with Gasteiger partial charge in [0.1, 0.15) is 0 Å². The van der Waals surface area contributed by atoms with E-state index < -0.39 is 0 Å². The van der Waals surface area contributed by atoms with Crippen LogP contribution in [0.1, 0.15) is 25.8 Å². The van der Waals surface area contributed by atoms with Crippen LogP contribution in [0.15, 0.2) is 30.3 Å². The summed E-state index contributed by atoms with van der Waals surface area (Å²) in [6.07, 6.45) is 1.05. The second-order valence-corrected chi connectivity index (χ2v) is 7.31. The van der Waals surface area contributed by atoms with Gasteiger partial charge in [-0.3, -0.25) is 9.69 Å². The van der Waals surface area contributed by atoms with Crippen molar-refractivity contribution in [2.75, 3.05) is 26.2 Å². The van der Waals surface area contributed by atoms with Crippen molar-refractivity contribution in [2.24, 2.45) is 17.8 Å². The molecule has 2 heterocycles. The van der Waals surface area contributed by atoms with Crippen LogP contribution in [0.3, 0.4) is 0 Å². The smallest absolute Gasteiger partial charge is 0.223 e. The maximum absolute atomic E-state index is 12.4. The third-order valence-corrected chi connectivity index (χ3v) is 5.50. The Morgan fingerprint density at radius 2 is 1.96 bits per heavy atom. The summed E-state index contributed by atoms with van der Waals surface area (Å²) < 4.78 is 0. The lowest BCUT2D eigenvalue weighted by Crippen LogP contribution is -2.54. The van der Waals surface area contributed by atoms with Gasteiger partial charge in [-0.05, 0) is 36.9 Å². The topological polar surface area (TPSA) is 44.4 Å². The fourth-order valence-electron chi connectivity index (χ4n) is 3.62. The highest BCUT2D eigenvalue weighted by molar-refractivity contribution is 5.85. The highest BCUT2D eigenvalue weighted by Crippen LogP contribution is 2.21. The summed E-state index contributed by atoms with van der Waals surface area (Å²) in [4.78, 5) is 14.9. The fraction of sp³-hybridized carbons (Fsp3) is 0.632. The van der Waals surface area contributed by atoms with Gasteiger partial charge in [-0.15, -0.1) is 24.8 Å². The summed E-state index contributed by atoms with van der Waals surface area (Å²) in [6, 6.07) is 11.0. The molecule has 0 spiro atoms. The van der Waals surface area contributed by atoms with Gasteiger partial charge in [0.15, 0.2) is 0 Å². The first-order chi connectivity index (χ1) is 11.1.